The van der Waals surface area contributed by atoms with Crippen LogP contribution in [0.3, 0.4) is 0 Å². The molecule has 0 bridgehead atoms. The summed E-state index contributed by atoms with van der Waals surface area (Å²) in [5.74, 6) is -1.75. The molecule has 0 saturated carbocycles. The summed E-state index contributed by atoms with van der Waals surface area (Å²) in [6.45, 7) is 0. The number of hydrogen-bond donors (Lipinski definition) is 2. The quantitative estimate of drug-likeness (QED) is 0.841. The molecule has 0 aromatic heterocycles. The molecule has 0 atom stereocenters. The number of hydrogen-bond acceptors (Lipinski definition) is 2. The van der Waals surface area contributed by atoms with E-state index in [1.54, 1.807) is 18.2 Å². The fourth-order valence-electron chi connectivity index (χ4n) is 0.923. The van der Waals surface area contributed by atoms with Gasteiger partial charge in [0, 0.05) is 9.50 Å². The van der Waals surface area contributed by atoms with Gasteiger partial charge >= 0.3 is 5.97 Å². The monoisotopic (exact) mass is 291 g/mol. The maximum atomic E-state index is 11.1. The van der Waals surface area contributed by atoms with Gasteiger partial charge in [0.25, 0.3) is 0 Å². The Hall–Kier alpha value is -1.07. The number of anilines is 1. The predicted molar refractivity (Wildman–Crippen MR) is 60.0 cm³/mol. The normalized spacial score (nSPS) is 9.73. The smallest absolute Gasteiger partial charge is 0.312 e. The molecule has 0 aliphatic heterocycles. The van der Waals surface area contributed by atoms with Crippen molar-refractivity contribution in [2.75, 3.05) is 5.32 Å². The van der Waals surface area contributed by atoms with Gasteiger partial charge in [-0.15, -0.1) is 0 Å². The van der Waals surface area contributed by atoms with E-state index in [0.29, 0.717) is 15.2 Å². The fraction of sp³-hybridized carbons (Fsp3) is 0.111. The van der Waals surface area contributed by atoms with Crippen LogP contribution in [0.1, 0.15) is 6.42 Å². The van der Waals surface area contributed by atoms with Gasteiger partial charge in [0.1, 0.15) is 6.42 Å². The summed E-state index contributed by atoms with van der Waals surface area (Å²) in [7, 11) is 0. The Kier molecular flexibility index (Phi) is 4.11. The average molecular weight is 293 g/mol. The maximum Gasteiger partial charge on any atom is 0.312 e. The van der Waals surface area contributed by atoms with Crippen LogP contribution < -0.4 is 5.32 Å². The minimum atomic E-state index is -1.17. The summed E-state index contributed by atoms with van der Waals surface area (Å²) in [5.41, 5.74) is 0.491. The van der Waals surface area contributed by atoms with Crippen molar-refractivity contribution in [3.63, 3.8) is 0 Å². The molecule has 2 N–H and O–H groups in total. The zero-order chi connectivity index (χ0) is 11.4. The number of benzene rings is 1. The summed E-state index contributed by atoms with van der Waals surface area (Å²) < 4.78 is 0.605. The van der Waals surface area contributed by atoms with Crippen molar-refractivity contribution in [3.8, 4) is 0 Å². The number of carbonyl (C=O) groups is 2. The Balaban J connectivity index is 2.72. The van der Waals surface area contributed by atoms with Crippen molar-refractivity contribution in [1.29, 1.82) is 0 Å². The summed E-state index contributed by atoms with van der Waals surface area (Å²) in [6.07, 6.45) is -0.560. The van der Waals surface area contributed by atoms with Crippen molar-refractivity contribution in [1.82, 2.24) is 0 Å². The Labute approximate surface area is 99.4 Å². The maximum absolute atomic E-state index is 11.1. The number of carboxylic acids is 1. The predicted octanol–water partition coefficient (Wildman–Crippen LogP) is 2.52. The Morgan fingerprint density at radius 3 is 2.67 bits per heavy atom. The molecular weight excluding hydrogens is 285 g/mol. The van der Waals surface area contributed by atoms with Crippen LogP contribution in [0.2, 0.25) is 5.02 Å². The van der Waals surface area contributed by atoms with Gasteiger partial charge in [-0.2, -0.15) is 0 Å². The Morgan fingerprint density at radius 2 is 2.13 bits per heavy atom. The van der Waals surface area contributed by atoms with Crippen LogP contribution in [-0.4, -0.2) is 17.0 Å². The van der Waals surface area contributed by atoms with E-state index in [1.165, 1.54) is 0 Å². The molecule has 0 radical (unpaired) electrons. The number of carbonyl (C=O) groups excluding carboxylic acids is 1. The fourth-order valence-corrected chi connectivity index (χ4v) is 1.70. The molecule has 0 heterocycles. The van der Waals surface area contributed by atoms with Crippen molar-refractivity contribution >= 4 is 45.1 Å². The van der Waals surface area contributed by atoms with E-state index in [2.05, 4.69) is 21.2 Å². The first-order valence-corrected chi connectivity index (χ1v) is 5.13. The van der Waals surface area contributed by atoms with Crippen molar-refractivity contribution < 1.29 is 14.7 Å². The highest BCUT2D eigenvalue weighted by Crippen LogP contribution is 2.25. The summed E-state index contributed by atoms with van der Waals surface area (Å²) in [6, 6.07) is 4.80. The van der Waals surface area contributed by atoms with E-state index in [1.807, 2.05) is 0 Å². The van der Waals surface area contributed by atoms with Crippen molar-refractivity contribution in [3.05, 3.63) is 27.7 Å². The van der Waals surface area contributed by atoms with Crippen LogP contribution in [0.5, 0.6) is 0 Å². The molecule has 1 amide bonds. The first kappa shape index (κ1) is 12.0. The van der Waals surface area contributed by atoms with Crippen molar-refractivity contribution in [2.24, 2.45) is 0 Å². The highest BCUT2D eigenvalue weighted by molar-refractivity contribution is 9.10. The molecule has 15 heavy (non-hydrogen) atoms. The first-order chi connectivity index (χ1) is 6.99. The molecule has 0 unspecified atom stereocenters. The van der Waals surface area contributed by atoms with Gasteiger partial charge in [-0.1, -0.05) is 11.6 Å². The van der Waals surface area contributed by atoms with Gasteiger partial charge < -0.3 is 10.4 Å². The molecule has 0 fully saturated rings. The van der Waals surface area contributed by atoms with Gasteiger partial charge in [0.15, 0.2) is 0 Å². The van der Waals surface area contributed by atoms with Gasteiger partial charge in [-0.3, -0.25) is 9.59 Å². The van der Waals surface area contributed by atoms with Crippen LogP contribution in [0.4, 0.5) is 5.69 Å². The van der Waals surface area contributed by atoms with Crippen molar-refractivity contribution in [2.45, 2.75) is 6.42 Å². The van der Waals surface area contributed by atoms with Crippen LogP contribution in [-0.2, 0) is 9.59 Å². The third-order valence-electron chi connectivity index (χ3n) is 1.52. The summed E-state index contributed by atoms with van der Waals surface area (Å²) in [4.78, 5) is 21.4. The van der Waals surface area contributed by atoms with E-state index in [4.69, 9.17) is 16.7 Å². The number of halogens is 2. The zero-order valence-corrected chi connectivity index (χ0v) is 9.80. The Bertz CT molecular complexity index is 408. The van der Waals surface area contributed by atoms with E-state index >= 15 is 0 Å². The van der Waals surface area contributed by atoms with Gasteiger partial charge in [-0.05, 0) is 34.1 Å². The van der Waals surface area contributed by atoms with Crippen LogP contribution in [0.15, 0.2) is 22.7 Å². The minimum absolute atomic E-state index is 0.491. The third-order valence-corrected chi connectivity index (χ3v) is 2.41. The number of amides is 1. The standard InChI is InChI=1S/C9H7BrClNO3/c10-6-3-5(11)1-2-7(6)12-8(13)4-9(14)15/h1-3H,4H2,(H,12,13)(H,14,15). The second kappa shape index (κ2) is 5.14. The van der Waals surface area contributed by atoms with Gasteiger partial charge in [0.2, 0.25) is 5.91 Å². The average Bonchev–Trinajstić information content (AvgIpc) is 2.08. The highest BCUT2D eigenvalue weighted by atomic mass is 79.9. The molecule has 6 heteroatoms. The highest BCUT2D eigenvalue weighted by Gasteiger charge is 2.09. The molecule has 80 valence electrons. The lowest BCUT2D eigenvalue weighted by Gasteiger charge is -2.05. The molecule has 1 aromatic rings. The number of nitrogens with one attached hydrogen (secondary N) is 1. The lowest BCUT2D eigenvalue weighted by molar-refractivity contribution is -0.139. The van der Waals surface area contributed by atoms with Gasteiger partial charge in [0.05, 0.1) is 5.69 Å². The number of carboxylic acid groups (broad SMARTS) is 1. The molecule has 0 aliphatic carbocycles. The van der Waals surface area contributed by atoms with Gasteiger partial charge in [-0.25, -0.2) is 0 Å². The molecule has 4 nitrogen and oxygen atoms in total. The molecule has 0 saturated heterocycles. The minimum Gasteiger partial charge on any atom is -0.481 e. The number of aliphatic carboxylic acids is 1. The van der Waals surface area contributed by atoms with E-state index < -0.39 is 18.3 Å². The lowest BCUT2D eigenvalue weighted by atomic mass is 10.3. The molecule has 0 spiro atoms. The van der Waals surface area contributed by atoms with Crippen LogP contribution >= 0.6 is 27.5 Å². The topological polar surface area (TPSA) is 66.4 Å². The molecule has 1 aromatic carbocycles. The molecule has 0 aliphatic rings. The third kappa shape index (κ3) is 3.89. The molecular formula is C9H7BrClNO3. The largest absolute Gasteiger partial charge is 0.481 e. The second-order valence-electron chi connectivity index (χ2n) is 2.74. The SMILES string of the molecule is O=C(O)CC(=O)Nc1ccc(Cl)cc1Br. The van der Waals surface area contributed by atoms with E-state index in [0.717, 1.165) is 0 Å². The first-order valence-electron chi connectivity index (χ1n) is 3.95. The molecule has 1 rings (SSSR count). The van der Waals surface area contributed by atoms with E-state index in [9.17, 15) is 9.59 Å². The van der Waals surface area contributed by atoms with E-state index in [-0.39, 0.29) is 0 Å². The Morgan fingerprint density at radius 1 is 1.47 bits per heavy atom. The lowest BCUT2D eigenvalue weighted by Crippen LogP contribution is -2.16. The summed E-state index contributed by atoms with van der Waals surface area (Å²) in [5, 5.41) is 11.4. The second-order valence-corrected chi connectivity index (χ2v) is 4.03. The van der Waals surface area contributed by atoms with Crippen LogP contribution in [0.25, 0.3) is 0 Å². The number of rotatable bonds is 3. The zero-order valence-electron chi connectivity index (χ0n) is 7.46. The van der Waals surface area contributed by atoms with Crippen LogP contribution in [0, 0.1) is 0 Å². The summed E-state index contributed by atoms with van der Waals surface area (Å²) >= 11 is 8.90.